The maximum Gasteiger partial charge on any atom is 0.0591 e. The summed E-state index contributed by atoms with van der Waals surface area (Å²) in [5.41, 5.74) is 0. The molecule has 0 atom stereocenters. The van der Waals surface area contributed by atoms with Crippen LogP contribution in [0, 0.1) is 0 Å². The third-order valence-corrected chi connectivity index (χ3v) is 2.97. The van der Waals surface area contributed by atoms with E-state index in [1.54, 1.807) is 0 Å². The van der Waals surface area contributed by atoms with Crippen LogP contribution in [0.25, 0.3) is 0 Å². The Morgan fingerprint density at radius 3 is 1.87 bits per heavy atom. The van der Waals surface area contributed by atoms with Crippen LogP contribution in [0.5, 0.6) is 0 Å². The largest absolute Gasteiger partial charge is 0.379 e. The Morgan fingerprint density at radius 2 is 1.60 bits per heavy atom. The number of ether oxygens (including phenoxy) is 1. The molecule has 90 valence electrons. The second-order valence-electron chi connectivity index (χ2n) is 4.55. The number of piperidine rings is 1. The Kier molecular flexibility index (Phi) is 6.98. The summed E-state index contributed by atoms with van der Waals surface area (Å²) in [4.78, 5) is 2.56. The second kappa shape index (κ2) is 8.08. The fourth-order valence-electron chi connectivity index (χ4n) is 1.95. The molecule has 0 spiro atoms. The molecule has 0 aliphatic carbocycles. The van der Waals surface area contributed by atoms with E-state index >= 15 is 0 Å². The molecule has 0 saturated carbocycles. The van der Waals surface area contributed by atoms with Crippen molar-refractivity contribution >= 4 is 0 Å². The summed E-state index contributed by atoms with van der Waals surface area (Å²) in [7, 11) is 0. The highest BCUT2D eigenvalue weighted by molar-refractivity contribution is 4.67. The fourth-order valence-corrected chi connectivity index (χ4v) is 1.95. The fraction of sp³-hybridized carbons (Fsp3) is 1.00. The highest BCUT2D eigenvalue weighted by Crippen LogP contribution is 2.10. The van der Waals surface area contributed by atoms with Gasteiger partial charge in [0.15, 0.2) is 0 Å². The van der Waals surface area contributed by atoms with Crippen molar-refractivity contribution in [3.63, 3.8) is 0 Å². The summed E-state index contributed by atoms with van der Waals surface area (Å²) in [6.07, 6.45) is 4.28. The average Bonchev–Trinajstić information content (AvgIpc) is 2.33. The lowest BCUT2D eigenvalue weighted by Gasteiger charge is -2.29. The Hall–Kier alpha value is -0.120. The second-order valence-corrected chi connectivity index (χ2v) is 4.55. The van der Waals surface area contributed by atoms with Crippen molar-refractivity contribution in [1.29, 1.82) is 0 Å². The first-order valence-corrected chi connectivity index (χ1v) is 6.33. The van der Waals surface area contributed by atoms with Crippen molar-refractivity contribution in [2.24, 2.45) is 0 Å². The van der Waals surface area contributed by atoms with Gasteiger partial charge in [-0.25, -0.2) is 0 Å². The van der Waals surface area contributed by atoms with E-state index in [4.69, 9.17) is 4.74 Å². The molecule has 2 aliphatic rings. The molecule has 0 unspecified atom stereocenters. The number of rotatable bonds is 1. The van der Waals surface area contributed by atoms with Crippen molar-refractivity contribution in [3.05, 3.63) is 0 Å². The monoisotopic (exact) mass is 214 g/mol. The molecular weight excluding hydrogens is 188 g/mol. The summed E-state index contributed by atoms with van der Waals surface area (Å²) in [6, 6.07) is 0.769. The summed E-state index contributed by atoms with van der Waals surface area (Å²) < 4.78 is 5.01. The minimum absolute atomic E-state index is 0.769. The lowest BCUT2D eigenvalue weighted by molar-refractivity contribution is 0.109. The van der Waals surface area contributed by atoms with Gasteiger partial charge >= 0.3 is 0 Å². The molecule has 2 aliphatic heterocycles. The standard InChI is InChI=1S/C8H17N.C4H9NO/c1-8(2)9-6-4-3-5-7-9;1-3-6-4-2-5-1/h8H,3-7H2,1-2H3;5H,1-4H2. The topological polar surface area (TPSA) is 24.5 Å². The summed E-state index contributed by atoms with van der Waals surface area (Å²) in [6.45, 7) is 11.1. The Balaban J connectivity index is 0.000000162. The van der Waals surface area contributed by atoms with Gasteiger partial charge in [0.2, 0.25) is 0 Å². The van der Waals surface area contributed by atoms with Crippen molar-refractivity contribution in [3.8, 4) is 0 Å². The van der Waals surface area contributed by atoms with E-state index in [1.807, 2.05) is 0 Å². The molecule has 0 aromatic rings. The molecule has 3 heteroatoms. The Morgan fingerprint density at radius 1 is 1.00 bits per heavy atom. The predicted molar refractivity (Wildman–Crippen MR) is 64.2 cm³/mol. The van der Waals surface area contributed by atoms with Crippen LogP contribution in [0.4, 0.5) is 0 Å². The van der Waals surface area contributed by atoms with Gasteiger partial charge in [-0.3, -0.25) is 0 Å². The maximum atomic E-state index is 5.01. The number of nitrogens with one attached hydrogen (secondary N) is 1. The minimum atomic E-state index is 0.769. The van der Waals surface area contributed by atoms with Crippen LogP contribution < -0.4 is 5.32 Å². The lowest BCUT2D eigenvalue weighted by Crippen LogP contribution is -2.35. The van der Waals surface area contributed by atoms with Gasteiger partial charge in [0, 0.05) is 19.1 Å². The minimum Gasteiger partial charge on any atom is -0.379 e. The summed E-state index contributed by atoms with van der Waals surface area (Å²) in [5.74, 6) is 0. The third kappa shape index (κ3) is 6.13. The molecule has 2 rings (SSSR count). The molecule has 0 aromatic heterocycles. The smallest absolute Gasteiger partial charge is 0.0591 e. The highest BCUT2D eigenvalue weighted by atomic mass is 16.5. The molecule has 2 fully saturated rings. The van der Waals surface area contributed by atoms with E-state index in [-0.39, 0.29) is 0 Å². The zero-order valence-electron chi connectivity index (χ0n) is 10.3. The Bertz CT molecular complexity index is 129. The number of morpholine rings is 1. The lowest BCUT2D eigenvalue weighted by atomic mass is 10.1. The molecule has 3 nitrogen and oxygen atoms in total. The maximum absolute atomic E-state index is 5.01. The SMILES string of the molecule is C1COCCN1.CC(C)N1CCCCC1. The van der Waals surface area contributed by atoms with Crippen LogP contribution in [-0.4, -0.2) is 50.3 Å². The van der Waals surface area contributed by atoms with Crippen molar-refractivity contribution < 1.29 is 4.74 Å². The first-order valence-electron chi connectivity index (χ1n) is 6.33. The average molecular weight is 214 g/mol. The van der Waals surface area contributed by atoms with E-state index in [1.165, 1.54) is 32.4 Å². The van der Waals surface area contributed by atoms with Gasteiger partial charge < -0.3 is 15.0 Å². The molecule has 2 saturated heterocycles. The molecule has 2 heterocycles. The normalized spacial score (nSPS) is 23.4. The molecule has 15 heavy (non-hydrogen) atoms. The van der Waals surface area contributed by atoms with E-state index in [9.17, 15) is 0 Å². The first kappa shape index (κ1) is 12.9. The van der Waals surface area contributed by atoms with Crippen LogP contribution in [0.15, 0.2) is 0 Å². The first-order chi connectivity index (χ1) is 7.30. The quantitative estimate of drug-likeness (QED) is 0.715. The zero-order chi connectivity index (χ0) is 10.9. The molecule has 0 aromatic carbocycles. The van der Waals surface area contributed by atoms with Gasteiger partial charge in [0.05, 0.1) is 13.2 Å². The van der Waals surface area contributed by atoms with Gasteiger partial charge in [-0.1, -0.05) is 6.42 Å². The molecule has 1 N–H and O–H groups in total. The van der Waals surface area contributed by atoms with Gasteiger partial charge in [-0.15, -0.1) is 0 Å². The van der Waals surface area contributed by atoms with Crippen molar-refractivity contribution in [2.45, 2.75) is 39.2 Å². The number of nitrogens with zero attached hydrogens (tertiary/aromatic N) is 1. The predicted octanol–water partition coefficient (Wildman–Crippen LogP) is 1.49. The van der Waals surface area contributed by atoms with E-state index in [0.29, 0.717) is 0 Å². The van der Waals surface area contributed by atoms with E-state index in [0.717, 1.165) is 32.3 Å². The highest BCUT2D eigenvalue weighted by Gasteiger charge is 2.11. The van der Waals surface area contributed by atoms with Crippen LogP contribution in [0.3, 0.4) is 0 Å². The number of likely N-dealkylation sites (tertiary alicyclic amines) is 1. The number of hydrogen-bond donors (Lipinski definition) is 1. The Labute approximate surface area is 94.2 Å². The van der Waals surface area contributed by atoms with Crippen LogP contribution >= 0.6 is 0 Å². The molecular formula is C12H26N2O. The third-order valence-electron chi connectivity index (χ3n) is 2.97. The van der Waals surface area contributed by atoms with Crippen LogP contribution in [0.2, 0.25) is 0 Å². The van der Waals surface area contributed by atoms with Crippen LogP contribution in [-0.2, 0) is 4.74 Å². The van der Waals surface area contributed by atoms with Gasteiger partial charge in [-0.2, -0.15) is 0 Å². The van der Waals surface area contributed by atoms with Crippen molar-refractivity contribution in [1.82, 2.24) is 10.2 Å². The van der Waals surface area contributed by atoms with Crippen LogP contribution in [0.1, 0.15) is 33.1 Å². The van der Waals surface area contributed by atoms with Gasteiger partial charge in [0.25, 0.3) is 0 Å². The van der Waals surface area contributed by atoms with Gasteiger partial charge in [0.1, 0.15) is 0 Å². The van der Waals surface area contributed by atoms with Gasteiger partial charge in [-0.05, 0) is 39.8 Å². The summed E-state index contributed by atoms with van der Waals surface area (Å²) in [5, 5.41) is 3.16. The number of hydrogen-bond acceptors (Lipinski definition) is 3. The van der Waals surface area contributed by atoms with E-state index in [2.05, 4.69) is 24.1 Å². The molecule has 0 radical (unpaired) electrons. The van der Waals surface area contributed by atoms with E-state index < -0.39 is 0 Å². The van der Waals surface area contributed by atoms with Crippen molar-refractivity contribution in [2.75, 3.05) is 39.4 Å². The summed E-state index contributed by atoms with van der Waals surface area (Å²) >= 11 is 0. The molecule has 0 amide bonds. The zero-order valence-corrected chi connectivity index (χ0v) is 10.3. The molecule has 0 bridgehead atoms.